The molecule has 1 aliphatic carbocycles. The van der Waals surface area contributed by atoms with E-state index in [1.165, 1.54) is 51.6 Å². The van der Waals surface area contributed by atoms with Crippen LogP contribution in [-0.2, 0) is 11.3 Å². The molecule has 2 aliphatic rings. The van der Waals surface area contributed by atoms with Gasteiger partial charge in [-0.15, -0.1) is 10.2 Å². The van der Waals surface area contributed by atoms with E-state index in [0.29, 0.717) is 18.1 Å². The first kappa shape index (κ1) is 16.9. The molecule has 0 bridgehead atoms. The van der Waals surface area contributed by atoms with Crippen LogP contribution in [0.2, 0.25) is 0 Å². The monoisotopic (exact) mass is 321 g/mol. The molecule has 1 spiro atoms. The zero-order valence-corrected chi connectivity index (χ0v) is 14.6. The van der Waals surface area contributed by atoms with Crippen molar-refractivity contribution in [1.29, 1.82) is 0 Å². The van der Waals surface area contributed by atoms with Crippen LogP contribution in [0.4, 0.5) is 0 Å². The van der Waals surface area contributed by atoms with Gasteiger partial charge in [0.05, 0.1) is 12.6 Å². The third-order valence-electron chi connectivity index (χ3n) is 5.77. The molecule has 1 saturated heterocycles. The number of rotatable bonds is 6. The van der Waals surface area contributed by atoms with Crippen molar-refractivity contribution in [2.75, 3.05) is 26.8 Å². The third kappa shape index (κ3) is 4.11. The predicted octanol–water partition coefficient (Wildman–Crippen LogP) is 1.89. The van der Waals surface area contributed by atoms with Crippen LogP contribution in [0.15, 0.2) is 6.33 Å². The highest BCUT2D eigenvalue weighted by Gasteiger charge is 2.36. The predicted molar refractivity (Wildman–Crippen MR) is 90.2 cm³/mol. The van der Waals surface area contributed by atoms with Crippen LogP contribution in [0.3, 0.4) is 0 Å². The van der Waals surface area contributed by atoms with E-state index in [0.717, 1.165) is 12.4 Å². The molecule has 1 atom stereocenters. The standard InChI is InChI=1S/C17H31N5O/c1-14(16-21-19-13-22(16)11-12-23-2)20-15-3-5-17(6-4-15)7-9-18-10-8-17/h13-15,18,20H,3-12H2,1-2H3. The number of nitrogens with zero attached hydrogens (tertiary/aromatic N) is 3. The lowest BCUT2D eigenvalue weighted by Gasteiger charge is -2.43. The topological polar surface area (TPSA) is 64.0 Å². The molecule has 1 saturated carbocycles. The fourth-order valence-corrected chi connectivity index (χ4v) is 4.24. The summed E-state index contributed by atoms with van der Waals surface area (Å²) in [5, 5.41) is 15.7. The van der Waals surface area contributed by atoms with Gasteiger partial charge in [-0.25, -0.2) is 0 Å². The molecule has 0 amide bonds. The number of ether oxygens (including phenoxy) is 1. The Kier molecular flexibility index (Phi) is 5.67. The maximum atomic E-state index is 5.16. The van der Waals surface area contributed by atoms with Gasteiger partial charge < -0.3 is 19.9 Å². The summed E-state index contributed by atoms with van der Waals surface area (Å²) in [7, 11) is 1.73. The van der Waals surface area contributed by atoms with Gasteiger partial charge in [-0.1, -0.05) is 0 Å². The number of piperidine rings is 1. The van der Waals surface area contributed by atoms with Gasteiger partial charge in [0.2, 0.25) is 0 Å². The van der Waals surface area contributed by atoms with Gasteiger partial charge in [-0.2, -0.15) is 0 Å². The molecule has 2 fully saturated rings. The zero-order chi connectivity index (χ0) is 16.1. The maximum absolute atomic E-state index is 5.16. The number of methoxy groups -OCH3 is 1. The molecule has 3 rings (SSSR count). The summed E-state index contributed by atoms with van der Waals surface area (Å²) < 4.78 is 7.26. The molecule has 6 heteroatoms. The maximum Gasteiger partial charge on any atom is 0.149 e. The molecule has 0 radical (unpaired) electrons. The molecule has 2 heterocycles. The van der Waals surface area contributed by atoms with Crippen LogP contribution in [-0.4, -0.2) is 47.6 Å². The highest BCUT2D eigenvalue weighted by Crippen LogP contribution is 2.43. The van der Waals surface area contributed by atoms with E-state index >= 15 is 0 Å². The minimum atomic E-state index is 0.237. The van der Waals surface area contributed by atoms with E-state index in [9.17, 15) is 0 Å². The first-order chi connectivity index (χ1) is 11.2. The van der Waals surface area contributed by atoms with E-state index in [2.05, 4.69) is 32.3 Å². The minimum absolute atomic E-state index is 0.237. The van der Waals surface area contributed by atoms with Gasteiger partial charge in [0, 0.05) is 19.7 Å². The Morgan fingerprint density at radius 3 is 2.78 bits per heavy atom. The van der Waals surface area contributed by atoms with E-state index in [1.54, 1.807) is 13.4 Å². The van der Waals surface area contributed by atoms with Crippen molar-refractivity contribution in [3.05, 3.63) is 12.2 Å². The summed E-state index contributed by atoms with van der Waals surface area (Å²) in [6, 6.07) is 0.847. The SMILES string of the molecule is COCCn1cnnc1C(C)NC1CCC2(CCNCC2)CC1. The molecule has 0 aromatic carbocycles. The van der Waals surface area contributed by atoms with Crippen molar-refractivity contribution in [2.45, 2.75) is 64.1 Å². The van der Waals surface area contributed by atoms with Crippen molar-refractivity contribution in [1.82, 2.24) is 25.4 Å². The first-order valence-electron chi connectivity index (χ1n) is 9.06. The first-order valence-corrected chi connectivity index (χ1v) is 9.06. The van der Waals surface area contributed by atoms with E-state index < -0.39 is 0 Å². The average Bonchev–Trinajstić information content (AvgIpc) is 3.05. The normalized spacial score (nSPS) is 23.2. The van der Waals surface area contributed by atoms with Crippen molar-refractivity contribution in [3.8, 4) is 0 Å². The number of nitrogens with one attached hydrogen (secondary N) is 2. The van der Waals surface area contributed by atoms with Crippen LogP contribution >= 0.6 is 0 Å². The molecule has 2 N–H and O–H groups in total. The lowest BCUT2D eigenvalue weighted by Crippen LogP contribution is -2.43. The molecule has 6 nitrogen and oxygen atoms in total. The summed E-state index contributed by atoms with van der Waals surface area (Å²) in [6.45, 7) is 6.11. The fourth-order valence-electron chi connectivity index (χ4n) is 4.24. The van der Waals surface area contributed by atoms with Crippen LogP contribution < -0.4 is 10.6 Å². The second-order valence-corrected chi connectivity index (χ2v) is 7.29. The minimum Gasteiger partial charge on any atom is -0.383 e. The largest absolute Gasteiger partial charge is 0.383 e. The van der Waals surface area contributed by atoms with Crippen molar-refractivity contribution >= 4 is 0 Å². The van der Waals surface area contributed by atoms with Crippen LogP contribution in [0.25, 0.3) is 0 Å². The van der Waals surface area contributed by atoms with Crippen molar-refractivity contribution in [2.24, 2.45) is 5.41 Å². The Labute approximate surface area is 139 Å². The number of hydrogen-bond acceptors (Lipinski definition) is 5. The Morgan fingerprint density at radius 1 is 1.35 bits per heavy atom. The molecular weight excluding hydrogens is 290 g/mol. The molecule has 1 aliphatic heterocycles. The van der Waals surface area contributed by atoms with Gasteiger partial charge in [0.25, 0.3) is 0 Å². The summed E-state index contributed by atoms with van der Waals surface area (Å²) in [6.07, 6.45) is 9.84. The number of hydrogen-bond donors (Lipinski definition) is 2. The fraction of sp³-hybridized carbons (Fsp3) is 0.882. The van der Waals surface area contributed by atoms with E-state index in [-0.39, 0.29) is 6.04 Å². The molecule has 1 aromatic heterocycles. The van der Waals surface area contributed by atoms with Gasteiger partial charge >= 0.3 is 0 Å². The number of aromatic nitrogens is 3. The smallest absolute Gasteiger partial charge is 0.149 e. The van der Waals surface area contributed by atoms with Crippen LogP contribution in [0, 0.1) is 5.41 Å². The molecular formula is C17H31N5O. The second-order valence-electron chi connectivity index (χ2n) is 7.29. The molecule has 23 heavy (non-hydrogen) atoms. The van der Waals surface area contributed by atoms with E-state index in [4.69, 9.17) is 4.74 Å². The summed E-state index contributed by atoms with van der Waals surface area (Å²) in [5.41, 5.74) is 0.630. The van der Waals surface area contributed by atoms with E-state index in [1.807, 2.05) is 0 Å². The summed E-state index contributed by atoms with van der Waals surface area (Å²) in [4.78, 5) is 0. The van der Waals surface area contributed by atoms with Crippen molar-refractivity contribution in [3.63, 3.8) is 0 Å². The third-order valence-corrected chi connectivity index (χ3v) is 5.77. The summed E-state index contributed by atoms with van der Waals surface area (Å²) >= 11 is 0. The van der Waals surface area contributed by atoms with Crippen LogP contribution in [0.1, 0.15) is 57.3 Å². The van der Waals surface area contributed by atoms with Gasteiger partial charge in [0.15, 0.2) is 0 Å². The van der Waals surface area contributed by atoms with Gasteiger partial charge in [0.1, 0.15) is 12.2 Å². The highest BCUT2D eigenvalue weighted by molar-refractivity contribution is 4.97. The van der Waals surface area contributed by atoms with Gasteiger partial charge in [-0.05, 0) is 64.0 Å². The Balaban J connectivity index is 1.51. The average molecular weight is 321 g/mol. The lowest BCUT2D eigenvalue weighted by atomic mass is 9.67. The van der Waals surface area contributed by atoms with Crippen molar-refractivity contribution < 1.29 is 4.74 Å². The Hall–Kier alpha value is -0.980. The second kappa shape index (κ2) is 7.73. The lowest BCUT2D eigenvalue weighted by molar-refractivity contribution is 0.112. The van der Waals surface area contributed by atoms with Crippen LogP contribution in [0.5, 0.6) is 0 Å². The molecule has 130 valence electrons. The Bertz CT molecular complexity index is 473. The molecule has 1 aromatic rings. The van der Waals surface area contributed by atoms with Gasteiger partial charge in [-0.3, -0.25) is 0 Å². The molecule has 1 unspecified atom stereocenters. The zero-order valence-electron chi connectivity index (χ0n) is 14.6. The quantitative estimate of drug-likeness (QED) is 0.838. The summed E-state index contributed by atoms with van der Waals surface area (Å²) in [5.74, 6) is 1.02. The highest BCUT2D eigenvalue weighted by atomic mass is 16.5. The Morgan fingerprint density at radius 2 is 2.09 bits per heavy atom.